The van der Waals surface area contributed by atoms with Gasteiger partial charge in [-0.1, -0.05) is 0 Å². The Labute approximate surface area is 86.1 Å². The average Bonchev–Trinajstić information content (AvgIpc) is 2.56. The highest BCUT2D eigenvalue weighted by Gasteiger charge is 2.21. The Bertz CT molecular complexity index is 444. The van der Waals surface area contributed by atoms with Gasteiger partial charge >= 0.3 is 5.97 Å². The number of nitriles is 1. The van der Waals surface area contributed by atoms with Crippen molar-refractivity contribution in [2.45, 2.75) is 19.5 Å². The van der Waals surface area contributed by atoms with Crippen molar-refractivity contribution in [1.29, 1.82) is 5.26 Å². The van der Waals surface area contributed by atoms with Crippen LogP contribution in [-0.2, 0) is 24.3 Å². The van der Waals surface area contributed by atoms with Crippen molar-refractivity contribution in [3.63, 3.8) is 0 Å². The van der Waals surface area contributed by atoms with Gasteiger partial charge in [-0.3, -0.25) is 9.48 Å². The zero-order valence-electron chi connectivity index (χ0n) is 8.03. The van der Waals surface area contributed by atoms with Gasteiger partial charge in [-0.25, -0.2) is 0 Å². The molecule has 0 radical (unpaired) electrons. The van der Waals surface area contributed by atoms with E-state index >= 15 is 0 Å². The van der Waals surface area contributed by atoms with Crippen LogP contribution in [0.1, 0.15) is 17.0 Å². The minimum atomic E-state index is -0.941. The molecule has 1 aromatic heterocycles. The first kappa shape index (κ1) is 9.68. The molecule has 6 heteroatoms. The van der Waals surface area contributed by atoms with Gasteiger partial charge in [0.25, 0.3) is 0 Å². The number of nitrogens with zero attached hydrogens (tertiary/aromatic N) is 3. The highest BCUT2D eigenvalue weighted by atomic mass is 16.4. The Morgan fingerprint density at radius 3 is 3.20 bits per heavy atom. The van der Waals surface area contributed by atoms with Gasteiger partial charge in [0, 0.05) is 30.8 Å². The van der Waals surface area contributed by atoms with Crippen molar-refractivity contribution in [3.05, 3.63) is 17.0 Å². The maximum absolute atomic E-state index is 10.6. The number of hydrogen-bond acceptors (Lipinski definition) is 4. The third-order valence-electron chi connectivity index (χ3n) is 2.40. The molecule has 0 atom stereocenters. The van der Waals surface area contributed by atoms with Gasteiger partial charge in [0.1, 0.15) is 12.6 Å². The zero-order valence-corrected chi connectivity index (χ0v) is 8.03. The fraction of sp³-hybridized carbons (Fsp3) is 0.444. The summed E-state index contributed by atoms with van der Waals surface area (Å²) in [5.41, 5.74) is 2.04. The summed E-state index contributed by atoms with van der Waals surface area (Å²) in [6.45, 7) is 1.21. The lowest BCUT2D eigenvalue weighted by Crippen LogP contribution is -2.25. The summed E-state index contributed by atoms with van der Waals surface area (Å²) < 4.78 is 1.41. The van der Waals surface area contributed by atoms with Crippen LogP contribution < -0.4 is 5.32 Å². The number of carboxylic acids is 1. The normalized spacial score (nSPS) is 14.3. The molecule has 2 N–H and O–H groups in total. The number of aromatic nitrogens is 2. The van der Waals surface area contributed by atoms with E-state index in [1.165, 1.54) is 4.68 Å². The van der Waals surface area contributed by atoms with Crippen molar-refractivity contribution in [1.82, 2.24) is 15.1 Å². The van der Waals surface area contributed by atoms with E-state index < -0.39 is 5.97 Å². The molecule has 0 unspecified atom stereocenters. The van der Waals surface area contributed by atoms with E-state index in [9.17, 15) is 4.79 Å². The van der Waals surface area contributed by atoms with E-state index in [1.54, 1.807) is 0 Å². The SMILES string of the molecule is N#Cc1nn(CC(=O)O)c2c1CNCC2. The summed E-state index contributed by atoms with van der Waals surface area (Å²) in [6, 6.07) is 1.98. The minimum Gasteiger partial charge on any atom is -0.480 e. The fourth-order valence-corrected chi connectivity index (χ4v) is 1.77. The summed E-state index contributed by atoms with van der Waals surface area (Å²) in [6.07, 6.45) is 0.720. The van der Waals surface area contributed by atoms with Crippen molar-refractivity contribution < 1.29 is 9.90 Å². The summed E-state index contributed by atoms with van der Waals surface area (Å²) >= 11 is 0. The average molecular weight is 206 g/mol. The van der Waals surface area contributed by atoms with E-state index in [2.05, 4.69) is 10.4 Å². The van der Waals surface area contributed by atoms with Crippen LogP contribution >= 0.6 is 0 Å². The molecule has 1 aliphatic rings. The Balaban J connectivity index is 2.43. The molecule has 0 aliphatic carbocycles. The highest BCUT2D eigenvalue weighted by Crippen LogP contribution is 2.17. The molecular formula is C9H10N4O2. The number of rotatable bonds is 2. The van der Waals surface area contributed by atoms with Gasteiger partial charge < -0.3 is 10.4 Å². The van der Waals surface area contributed by atoms with Crippen molar-refractivity contribution >= 4 is 5.97 Å². The van der Waals surface area contributed by atoms with Crippen molar-refractivity contribution in [2.24, 2.45) is 0 Å². The van der Waals surface area contributed by atoms with Crippen LogP contribution in [0.3, 0.4) is 0 Å². The van der Waals surface area contributed by atoms with Crippen molar-refractivity contribution in [2.75, 3.05) is 6.54 Å². The molecule has 0 saturated carbocycles. The number of fused-ring (bicyclic) bond motifs is 1. The number of hydrogen-bond donors (Lipinski definition) is 2. The first-order valence-corrected chi connectivity index (χ1v) is 4.63. The predicted octanol–water partition coefficient (Wildman–Crippen LogP) is -0.515. The standard InChI is InChI=1S/C9H10N4O2/c10-3-7-6-4-11-2-1-8(6)13(12-7)5-9(14)15/h11H,1-2,4-5H2,(H,14,15). The van der Waals surface area contributed by atoms with Crippen LogP contribution in [0.25, 0.3) is 0 Å². The van der Waals surface area contributed by atoms with E-state index in [0.717, 1.165) is 24.2 Å². The minimum absolute atomic E-state index is 0.177. The Morgan fingerprint density at radius 2 is 2.53 bits per heavy atom. The van der Waals surface area contributed by atoms with E-state index in [0.29, 0.717) is 12.2 Å². The quantitative estimate of drug-likeness (QED) is 0.679. The Kier molecular flexibility index (Phi) is 2.39. The molecule has 2 heterocycles. The van der Waals surface area contributed by atoms with E-state index in [4.69, 9.17) is 10.4 Å². The molecule has 1 aliphatic heterocycles. The molecule has 1 aromatic rings. The van der Waals surface area contributed by atoms with Crippen LogP contribution in [0.2, 0.25) is 0 Å². The van der Waals surface area contributed by atoms with Gasteiger partial charge in [0.05, 0.1) is 0 Å². The second kappa shape index (κ2) is 3.71. The second-order valence-corrected chi connectivity index (χ2v) is 3.36. The van der Waals surface area contributed by atoms with Crippen LogP contribution in [0, 0.1) is 11.3 Å². The summed E-state index contributed by atoms with van der Waals surface area (Å²) in [4.78, 5) is 10.6. The molecule has 0 bridgehead atoms. The van der Waals surface area contributed by atoms with Gasteiger partial charge in [-0.05, 0) is 0 Å². The van der Waals surface area contributed by atoms with E-state index in [1.807, 2.05) is 6.07 Å². The molecule has 6 nitrogen and oxygen atoms in total. The molecule has 0 fully saturated rings. The highest BCUT2D eigenvalue weighted by molar-refractivity contribution is 5.66. The zero-order chi connectivity index (χ0) is 10.8. The monoisotopic (exact) mass is 206 g/mol. The molecule has 15 heavy (non-hydrogen) atoms. The third-order valence-corrected chi connectivity index (χ3v) is 2.40. The Morgan fingerprint density at radius 1 is 1.73 bits per heavy atom. The summed E-state index contributed by atoms with van der Waals surface area (Å²) in [7, 11) is 0. The second-order valence-electron chi connectivity index (χ2n) is 3.36. The molecule has 0 spiro atoms. The van der Waals surface area contributed by atoms with Crippen molar-refractivity contribution in [3.8, 4) is 6.07 Å². The van der Waals surface area contributed by atoms with Crippen LogP contribution in [-0.4, -0.2) is 27.4 Å². The lowest BCUT2D eigenvalue weighted by Gasteiger charge is -2.14. The molecule has 0 aromatic carbocycles. The third kappa shape index (κ3) is 1.69. The summed E-state index contributed by atoms with van der Waals surface area (Å²) in [5.74, 6) is -0.941. The van der Waals surface area contributed by atoms with Gasteiger partial charge in [0.15, 0.2) is 5.69 Å². The first-order valence-electron chi connectivity index (χ1n) is 4.63. The molecular weight excluding hydrogens is 196 g/mol. The number of carboxylic acid groups (broad SMARTS) is 1. The predicted molar refractivity (Wildman–Crippen MR) is 50.0 cm³/mol. The summed E-state index contributed by atoms with van der Waals surface area (Å²) in [5, 5.41) is 24.6. The maximum Gasteiger partial charge on any atom is 0.325 e. The van der Waals surface area contributed by atoms with Crippen LogP contribution in [0.4, 0.5) is 0 Å². The first-order chi connectivity index (χ1) is 7.22. The van der Waals surface area contributed by atoms with E-state index in [-0.39, 0.29) is 6.54 Å². The molecule has 0 saturated heterocycles. The fourth-order valence-electron chi connectivity index (χ4n) is 1.77. The smallest absolute Gasteiger partial charge is 0.325 e. The number of carbonyl (C=O) groups is 1. The lowest BCUT2D eigenvalue weighted by molar-refractivity contribution is -0.137. The number of aliphatic carboxylic acids is 1. The van der Waals surface area contributed by atoms with Gasteiger partial charge in [0.2, 0.25) is 0 Å². The maximum atomic E-state index is 10.6. The van der Waals surface area contributed by atoms with Gasteiger partial charge in [-0.15, -0.1) is 0 Å². The van der Waals surface area contributed by atoms with Crippen LogP contribution in [0.15, 0.2) is 0 Å². The molecule has 78 valence electrons. The Hall–Kier alpha value is -1.87. The topological polar surface area (TPSA) is 90.9 Å². The molecule has 2 rings (SSSR count). The lowest BCUT2D eigenvalue weighted by atomic mass is 10.1. The number of nitrogens with one attached hydrogen (secondary N) is 1. The van der Waals surface area contributed by atoms with Crippen LogP contribution in [0.5, 0.6) is 0 Å². The van der Waals surface area contributed by atoms with Gasteiger partial charge in [-0.2, -0.15) is 10.4 Å². The largest absolute Gasteiger partial charge is 0.480 e. The molecule has 0 amide bonds.